The molecule has 2 heterocycles. The highest BCUT2D eigenvalue weighted by molar-refractivity contribution is 5.31. The molecule has 0 radical (unpaired) electrons. The molecular weight excluding hydrogens is 263 g/mol. The van der Waals surface area contributed by atoms with Gasteiger partial charge in [0.05, 0.1) is 0 Å². The van der Waals surface area contributed by atoms with E-state index >= 15 is 0 Å². The average molecular weight is 280 g/mol. The number of aromatic nitrogens is 1. The van der Waals surface area contributed by atoms with Gasteiger partial charge in [0.15, 0.2) is 5.67 Å². The lowest BCUT2D eigenvalue weighted by Crippen LogP contribution is -2.27. The molecule has 3 rings (SSSR count). The Morgan fingerprint density at radius 2 is 1.95 bits per heavy atom. The van der Waals surface area contributed by atoms with Gasteiger partial charge in [-0.1, -0.05) is 42.3 Å². The third kappa shape index (κ3) is 3.68. The third-order valence-corrected chi connectivity index (χ3v) is 3.63. The van der Waals surface area contributed by atoms with Crippen molar-refractivity contribution in [1.82, 2.24) is 9.88 Å². The molecular formula is C18H17FN2. The number of benzene rings is 1. The highest BCUT2D eigenvalue weighted by atomic mass is 19.1. The van der Waals surface area contributed by atoms with Crippen molar-refractivity contribution in [2.24, 2.45) is 0 Å². The summed E-state index contributed by atoms with van der Waals surface area (Å²) in [5.74, 6) is 5.62. The zero-order chi connectivity index (χ0) is 14.5. The molecule has 0 spiro atoms. The molecule has 0 amide bonds. The zero-order valence-corrected chi connectivity index (χ0v) is 11.8. The second kappa shape index (κ2) is 6.07. The molecule has 1 saturated heterocycles. The number of nitrogens with zero attached hydrogens (tertiary/aromatic N) is 2. The van der Waals surface area contributed by atoms with Crippen LogP contribution in [0, 0.1) is 11.8 Å². The van der Waals surface area contributed by atoms with Gasteiger partial charge in [0.1, 0.15) is 5.69 Å². The minimum Gasteiger partial charge on any atom is -0.295 e. The lowest BCUT2D eigenvalue weighted by atomic mass is 10.1. The number of rotatable bonds is 2. The summed E-state index contributed by atoms with van der Waals surface area (Å²) in [6, 6.07) is 15.6. The predicted octanol–water partition coefficient (Wildman–Crippen LogP) is 3.05. The Kier molecular flexibility index (Phi) is 3.98. The molecule has 0 aliphatic carbocycles. The van der Waals surface area contributed by atoms with Crippen molar-refractivity contribution in [2.45, 2.75) is 18.6 Å². The minimum absolute atomic E-state index is 0.363. The fourth-order valence-electron chi connectivity index (χ4n) is 2.54. The van der Waals surface area contributed by atoms with Crippen LogP contribution in [0.1, 0.15) is 17.7 Å². The first-order valence-electron chi connectivity index (χ1n) is 7.13. The van der Waals surface area contributed by atoms with Crippen LogP contribution in [0.3, 0.4) is 0 Å². The summed E-state index contributed by atoms with van der Waals surface area (Å²) in [6.07, 6.45) is 2.13. The Hall–Kier alpha value is -2.18. The first-order valence-corrected chi connectivity index (χ1v) is 7.13. The average Bonchev–Trinajstić information content (AvgIpc) is 2.89. The molecule has 2 nitrogen and oxygen atoms in total. The van der Waals surface area contributed by atoms with Gasteiger partial charge in [-0.15, -0.1) is 0 Å². The molecule has 1 aromatic carbocycles. The predicted molar refractivity (Wildman–Crippen MR) is 81.3 cm³/mol. The van der Waals surface area contributed by atoms with Crippen molar-refractivity contribution in [1.29, 1.82) is 0 Å². The first kappa shape index (κ1) is 13.8. The normalized spacial score (nSPS) is 21.8. The Morgan fingerprint density at radius 3 is 2.71 bits per heavy atom. The topological polar surface area (TPSA) is 16.1 Å². The largest absolute Gasteiger partial charge is 0.295 e. The van der Waals surface area contributed by atoms with Crippen LogP contribution < -0.4 is 0 Å². The summed E-state index contributed by atoms with van der Waals surface area (Å²) in [7, 11) is 0. The van der Waals surface area contributed by atoms with Crippen LogP contribution in [0.25, 0.3) is 0 Å². The molecule has 21 heavy (non-hydrogen) atoms. The second-order valence-corrected chi connectivity index (χ2v) is 5.38. The van der Waals surface area contributed by atoms with Crippen molar-refractivity contribution in [3.63, 3.8) is 0 Å². The van der Waals surface area contributed by atoms with E-state index in [4.69, 9.17) is 0 Å². The van der Waals surface area contributed by atoms with Crippen LogP contribution in [-0.4, -0.2) is 28.6 Å². The van der Waals surface area contributed by atoms with E-state index in [1.165, 1.54) is 5.56 Å². The molecule has 0 bridgehead atoms. The lowest BCUT2D eigenvalue weighted by Gasteiger charge is -2.16. The van der Waals surface area contributed by atoms with Gasteiger partial charge < -0.3 is 0 Å². The Bertz CT molecular complexity index is 645. The number of hydrogen-bond acceptors (Lipinski definition) is 2. The maximum Gasteiger partial charge on any atom is 0.185 e. The third-order valence-electron chi connectivity index (χ3n) is 3.63. The Balaban J connectivity index is 1.64. The SMILES string of the molecule is FC1(C#Cc2ccccn2)CCN(Cc2ccccc2)C1. The Labute approximate surface area is 124 Å². The van der Waals surface area contributed by atoms with Crippen LogP contribution in [0.5, 0.6) is 0 Å². The number of hydrogen-bond donors (Lipinski definition) is 0. The number of likely N-dealkylation sites (tertiary alicyclic amines) is 1. The van der Waals surface area contributed by atoms with Crippen molar-refractivity contribution in [2.75, 3.05) is 13.1 Å². The van der Waals surface area contributed by atoms with Crippen LogP contribution in [0.2, 0.25) is 0 Å². The fourth-order valence-corrected chi connectivity index (χ4v) is 2.54. The van der Waals surface area contributed by atoms with E-state index in [9.17, 15) is 4.39 Å². The molecule has 106 valence electrons. The highest BCUT2D eigenvalue weighted by Gasteiger charge is 2.36. The van der Waals surface area contributed by atoms with Gasteiger partial charge in [-0.25, -0.2) is 9.37 Å². The maximum absolute atomic E-state index is 14.7. The summed E-state index contributed by atoms with van der Waals surface area (Å²) in [6.45, 7) is 1.88. The van der Waals surface area contributed by atoms with Gasteiger partial charge in [-0.2, -0.15) is 0 Å². The van der Waals surface area contributed by atoms with Crippen molar-refractivity contribution in [3.8, 4) is 11.8 Å². The number of pyridine rings is 1. The summed E-state index contributed by atoms with van der Waals surface area (Å²) >= 11 is 0. The molecule has 1 atom stereocenters. The summed E-state index contributed by atoms with van der Waals surface area (Å²) < 4.78 is 14.7. The molecule has 1 aliphatic heterocycles. The smallest absolute Gasteiger partial charge is 0.185 e. The minimum atomic E-state index is -1.42. The highest BCUT2D eigenvalue weighted by Crippen LogP contribution is 2.26. The Morgan fingerprint density at radius 1 is 1.14 bits per heavy atom. The quantitative estimate of drug-likeness (QED) is 0.786. The van der Waals surface area contributed by atoms with Gasteiger partial charge in [0.2, 0.25) is 0 Å². The van der Waals surface area contributed by atoms with Crippen molar-refractivity contribution >= 4 is 0 Å². The summed E-state index contributed by atoms with van der Waals surface area (Å²) in [5, 5.41) is 0. The summed E-state index contributed by atoms with van der Waals surface area (Å²) in [4.78, 5) is 6.22. The van der Waals surface area contributed by atoms with E-state index < -0.39 is 5.67 Å². The van der Waals surface area contributed by atoms with E-state index in [2.05, 4.69) is 33.9 Å². The van der Waals surface area contributed by atoms with Crippen molar-refractivity contribution < 1.29 is 4.39 Å². The van der Waals surface area contributed by atoms with E-state index in [1.54, 1.807) is 12.3 Å². The number of alkyl halides is 1. The van der Waals surface area contributed by atoms with Crippen LogP contribution in [0.4, 0.5) is 4.39 Å². The monoisotopic (exact) mass is 280 g/mol. The molecule has 1 aromatic heterocycles. The zero-order valence-electron chi connectivity index (χ0n) is 11.8. The fraction of sp³-hybridized carbons (Fsp3) is 0.278. The van der Waals surface area contributed by atoms with Gasteiger partial charge in [0, 0.05) is 32.3 Å². The lowest BCUT2D eigenvalue weighted by molar-refractivity contribution is 0.228. The van der Waals surface area contributed by atoms with Crippen molar-refractivity contribution in [3.05, 3.63) is 66.0 Å². The van der Waals surface area contributed by atoms with E-state index in [-0.39, 0.29) is 0 Å². The molecule has 0 saturated carbocycles. The van der Waals surface area contributed by atoms with E-state index in [0.29, 0.717) is 18.7 Å². The standard InChI is InChI=1S/C18H17FN2/c19-18(10-9-17-8-4-5-12-20-17)11-13-21(15-18)14-16-6-2-1-3-7-16/h1-8,12H,11,13-15H2. The van der Waals surface area contributed by atoms with E-state index in [0.717, 1.165) is 13.1 Å². The number of halogens is 1. The summed E-state index contributed by atoms with van der Waals surface area (Å²) in [5.41, 5.74) is 0.405. The van der Waals surface area contributed by atoms with Crippen LogP contribution in [0.15, 0.2) is 54.7 Å². The van der Waals surface area contributed by atoms with Gasteiger partial charge in [-0.05, 0) is 23.6 Å². The maximum atomic E-state index is 14.7. The molecule has 1 fully saturated rings. The first-order chi connectivity index (χ1) is 10.2. The molecule has 1 aliphatic rings. The van der Waals surface area contributed by atoms with E-state index in [1.807, 2.05) is 30.3 Å². The van der Waals surface area contributed by atoms with Crippen LogP contribution >= 0.6 is 0 Å². The van der Waals surface area contributed by atoms with Gasteiger partial charge in [-0.3, -0.25) is 4.90 Å². The van der Waals surface area contributed by atoms with Gasteiger partial charge >= 0.3 is 0 Å². The molecule has 1 unspecified atom stereocenters. The molecule has 2 aromatic rings. The second-order valence-electron chi connectivity index (χ2n) is 5.38. The van der Waals surface area contributed by atoms with Gasteiger partial charge in [0.25, 0.3) is 0 Å². The molecule has 0 N–H and O–H groups in total. The molecule has 3 heteroatoms. The van der Waals surface area contributed by atoms with Crippen LogP contribution in [-0.2, 0) is 6.54 Å².